The van der Waals surface area contributed by atoms with E-state index in [4.69, 9.17) is 5.73 Å². The minimum Gasteiger partial charge on any atom is -0.361 e. The first-order valence-electron chi connectivity index (χ1n) is 7.58. The van der Waals surface area contributed by atoms with E-state index in [9.17, 15) is 4.79 Å². The number of carbonyl (C=O) groups excluding carboxylic acids is 1. The van der Waals surface area contributed by atoms with Crippen molar-refractivity contribution in [2.45, 2.75) is 45.7 Å². The molecule has 0 aliphatic heterocycles. The lowest BCUT2D eigenvalue weighted by Gasteiger charge is -2.19. The molecule has 4 nitrogen and oxygen atoms in total. The van der Waals surface area contributed by atoms with Gasteiger partial charge in [0.2, 0.25) is 5.91 Å². The molecule has 2 atom stereocenters. The molecule has 21 heavy (non-hydrogen) atoms. The Hall–Kier alpha value is -1.81. The van der Waals surface area contributed by atoms with Gasteiger partial charge in [-0.1, -0.05) is 32.0 Å². The number of nitrogens with two attached hydrogens (primary N) is 1. The topological polar surface area (TPSA) is 70.9 Å². The summed E-state index contributed by atoms with van der Waals surface area (Å²) in [5.41, 5.74) is 8.22. The van der Waals surface area contributed by atoms with E-state index in [0.717, 1.165) is 22.9 Å². The highest BCUT2D eigenvalue weighted by atomic mass is 16.2. The van der Waals surface area contributed by atoms with Gasteiger partial charge in [0.1, 0.15) is 0 Å². The van der Waals surface area contributed by atoms with Gasteiger partial charge in [0, 0.05) is 23.1 Å². The summed E-state index contributed by atoms with van der Waals surface area (Å²) < 4.78 is 0. The number of benzene rings is 1. The predicted octanol–water partition coefficient (Wildman–Crippen LogP) is 2.59. The molecule has 0 aliphatic rings. The lowest BCUT2D eigenvalue weighted by atomic mass is 10.0. The maximum absolute atomic E-state index is 12.2. The fourth-order valence-electron chi connectivity index (χ4n) is 2.75. The molecule has 0 radical (unpaired) electrons. The lowest BCUT2D eigenvalue weighted by Crippen LogP contribution is -2.45. The molecule has 2 aromatic rings. The number of nitrogens with one attached hydrogen (secondary N) is 2. The number of hydrogen-bond acceptors (Lipinski definition) is 2. The van der Waals surface area contributed by atoms with Crippen molar-refractivity contribution in [2.24, 2.45) is 11.7 Å². The average Bonchev–Trinajstić information content (AvgIpc) is 2.81. The summed E-state index contributed by atoms with van der Waals surface area (Å²) in [6, 6.07) is 7.70. The van der Waals surface area contributed by atoms with E-state index in [2.05, 4.69) is 24.1 Å². The third-order valence-corrected chi connectivity index (χ3v) is 3.67. The van der Waals surface area contributed by atoms with Crippen LogP contribution in [0.4, 0.5) is 0 Å². The third-order valence-electron chi connectivity index (χ3n) is 3.67. The zero-order valence-electron chi connectivity index (χ0n) is 13.0. The van der Waals surface area contributed by atoms with Gasteiger partial charge in [0.05, 0.1) is 6.04 Å². The summed E-state index contributed by atoms with van der Waals surface area (Å²) in [6.45, 7) is 6.32. The number of carbonyl (C=O) groups is 1. The molecule has 1 unspecified atom stereocenters. The molecule has 114 valence electrons. The molecule has 1 aromatic heterocycles. The highest BCUT2D eigenvalue weighted by Gasteiger charge is 2.18. The first-order valence-corrected chi connectivity index (χ1v) is 7.58. The molecule has 4 N–H and O–H groups in total. The molecular formula is C17H25N3O. The quantitative estimate of drug-likeness (QED) is 0.764. The molecule has 0 saturated carbocycles. The Bertz CT molecular complexity index is 603. The molecule has 1 amide bonds. The molecule has 2 rings (SSSR count). The Morgan fingerprint density at radius 1 is 1.29 bits per heavy atom. The van der Waals surface area contributed by atoms with E-state index in [1.807, 2.05) is 37.4 Å². The number of aromatic nitrogens is 1. The second kappa shape index (κ2) is 6.76. The van der Waals surface area contributed by atoms with Crippen LogP contribution in [0.15, 0.2) is 30.5 Å². The van der Waals surface area contributed by atoms with E-state index in [0.29, 0.717) is 12.3 Å². The normalized spacial score (nSPS) is 14.3. The Labute approximate surface area is 126 Å². The summed E-state index contributed by atoms with van der Waals surface area (Å²) >= 11 is 0. The fraction of sp³-hybridized carbons (Fsp3) is 0.471. The van der Waals surface area contributed by atoms with Gasteiger partial charge in [0.15, 0.2) is 0 Å². The van der Waals surface area contributed by atoms with Crippen molar-refractivity contribution in [3.05, 3.63) is 36.0 Å². The molecular weight excluding hydrogens is 262 g/mol. The van der Waals surface area contributed by atoms with Crippen LogP contribution in [0, 0.1) is 5.92 Å². The average molecular weight is 287 g/mol. The summed E-state index contributed by atoms with van der Waals surface area (Å²) in [5.74, 6) is 0.485. The van der Waals surface area contributed by atoms with Crippen LogP contribution in [0.1, 0.15) is 32.8 Å². The van der Waals surface area contributed by atoms with Gasteiger partial charge in [-0.15, -0.1) is 0 Å². The van der Waals surface area contributed by atoms with Crippen molar-refractivity contribution in [3.63, 3.8) is 0 Å². The number of H-pyrrole nitrogens is 1. The van der Waals surface area contributed by atoms with Crippen molar-refractivity contribution >= 4 is 16.8 Å². The van der Waals surface area contributed by atoms with Crippen LogP contribution in [0.3, 0.4) is 0 Å². The van der Waals surface area contributed by atoms with Crippen LogP contribution >= 0.6 is 0 Å². The molecule has 1 heterocycles. The van der Waals surface area contributed by atoms with Crippen LogP contribution in [0.2, 0.25) is 0 Å². The van der Waals surface area contributed by atoms with Crippen LogP contribution in [0.5, 0.6) is 0 Å². The van der Waals surface area contributed by atoms with E-state index < -0.39 is 6.04 Å². The molecule has 0 fully saturated rings. The maximum Gasteiger partial charge on any atom is 0.237 e. The molecule has 0 spiro atoms. The summed E-state index contributed by atoms with van der Waals surface area (Å²) in [4.78, 5) is 15.4. The van der Waals surface area contributed by atoms with Crippen molar-refractivity contribution < 1.29 is 4.79 Å². The van der Waals surface area contributed by atoms with Crippen molar-refractivity contribution in [3.8, 4) is 0 Å². The van der Waals surface area contributed by atoms with E-state index in [1.54, 1.807) is 0 Å². The zero-order valence-corrected chi connectivity index (χ0v) is 13.0. The number of aromatic amines is 1. The summed E-state index contributed by atoms with van der Waals surface area (Å²) in [5, 5.41) is 4.13. The zero-order chi connectivity index (χ0) is 15.4. The lowest BCUT2D eigenvalue weighted by molar-refractivity contribution is -0.123. The molecule has 4 heteroatoms. The second-order valence-corrected chi connectivity index (χ2v) is 6.21. The van der Waals surface area contributed by atoms with E-state index >= 15 is 0 Å². The summed E-state index contributed by atoms with van der Waals surface area (Å²) in [6.07, 6.45) is 3.45. The van der Waals surface area contributed by atoms with Crippen molar-refractivity contribution in [2.75, 3.05) is 0 Å². The van der Waals surface area contributed by atoms with Gasteiger partial charge in [0.25, 0.3) is 0 Å². The monoisotopic (exact) mass is 287 g/mol. The number of para-hydroxylation sites is 1. The molecule has 0 saturated heterocycles. The number of hydrogen-bond donors (Lipinski definition) is 3. The van der Waals surface area contributed by atoms with E-state index in [1.165, 1.54) is 0 Å². The highest BCUT2D eigenvalue weighted by molar-refractivity contribution is 5.86. The Morgan fingerprint density at radius 2 is 2.00 bits per heavy atom. The van der Waals surface area contributed by atoms with Crippen molar-refractivity contribution in [1.29, 1.82) is 0 Å². The van der Waals surface area contributed by atoms with E-state index in [-0.39, 0.29) is 11.9 Å². The third kappa shape index (κ3) is 4.08. The van der Waals surface area contributed by atoms with Crippen LogP contribution < -0.4 is 11.1 Å². The second-order valence-electron chi connectivity index (χ2n) is 6.21. The SMILES string of the molecule is CC(C)CC(C)NC(=O)[C@H](N)Cc1c[nH]c2ccccc12. The Morgan fingerprint density at radius 3 is 2.71 bits per heavy atom. The van der Waals surface area contributed by atoms with Gasteiger partial charge in [-0.05, 0) is 37.3 Å². The highest BCUT2D eigenvalue weighted by Crippen LogP contribution is 2.18. The van der Waals surface area contributed by atoms with Crippen LogP contribution in [-0.2, 0) is 11.2 Å². The van der Waals surface area contributed by atoms with Gasteiger partial charge >= 0.3 is 0 Å². The minimum absolute atomic E-state index is 0.0755. The van der Waals surface area contributed by atoms with Crippen molar-refractivity contribution in [1.82, 2.24) is 10.3 Å². The maximum atomic E-state index is 12.2. The first-order chi connectivity index (χ1) is 9.97. The standard InChI is InChI=1S/C17H25N3O/c1-11(2)8-12(3)20-17(21)15(18)9-13-10-19-16-7-5-4-6-14(13)16/h4-7,10-12,15,19H,8-9,18H2,1-3H3,(H,20,21)/t12?,15-/m1/s1. The fourth-order valence-corrected chi connectivity index (χ4v) is 2.75. The Kier molecular flexibility index (Phi) is 5.02. The van der Waals surface area contributed by atoms with Gasteiger partial charge in [-0.25, -0.2) is 0 Å². The van der Waals surface area contributed by atoms with Gasteiger partial charge < -0.3 is 16.0 Å². The van der Waals surface area contributed by atoms with Crippen LogP contribution in [0.25, 0.3) is 10.9 Å². The molecule has 0 aliphatic carbocycles. The number of fused-ring (bicyclic) bond motifs is 1. The predicted molar refractivity (Wildman–Crippen MR) is 87.0 cm³/mol. The minimum atomic E-state index is -0.515. The number of rotatable bonds is 6. The number of amides is 1. The smallest absolute Gasteiger partial charge is 0.237 e. The first kappa shape index (κ1) is 15.6. The Balaban J connectivity index is 1.97. The molecule has 1 aromatic carbocycles. The largest absolute Gasteiger partial charge is 0.361 e. The van der Waals surface area contributed by atoms with Gasteiger partial charge in [-0.2, -0.15) is 0 Å². The molecule has 0 bridgehead atoms. The summed E-state index contributed by atoms with van der Waals surface area (Å²) in [7, 11) is 0. The van der Waals surface area contributed by atoms with Gasteiger partial charge in [-0.3, -0.25) is 4.79 Å². The van der Waals surface area contributed by atoms with Crippen LogP contribution in [-0.4, -0.2) is 23.0 Å².